The summed E-state index contributed by atoms with van der Waals surface area (Å²) in [5.41, 5.74) is 0. The molecule has 0 aliphatic heterocycles. The SMILES string of the molecule is [CH2]C(=C)F. The van der Waals surface area contributed by atoms with Crippen molar-refractivity contribution < 1.29 is 4.39 Å². The summed E-state index contributed by atoms with van der Waals surface area (Å²) < 4.78 is 10.7. The second kappa shape index (κ2) is 1.04. The number of rotatable bonds is 0. The van der Waals surface area contributed by atoms with Gasteiger partial charge in [-0.2, -0.15) is 0 Å². The number of halogens is 1. The third-order valence-electron chi connectivity index (χ3n) is 0. The Hall–Kier alpha value is -0.330. The third-order valence-corrected chi connectivity index (χ3v) is 0. The fourth-order valence-electron chi connectivity index (χ4n) is 0. The van der Waals surface area contributed by atoms with E-state index in [0.717, 1.165) is 0 Å². The minimum atomic E-state index is -0.583. The molecule has 0 N–H and O–H groups in total. The zero-order valence-corrected chi connectivity index (χ0v) is 2.29. The van der Waals surface area contributed by atoms with E-state index in [0.29, 0.717) is 0 Å². The molecule has 0 unspecified atom stereocenters. The highest BCUT2D eigenvalue weighted by atomic mass is 19.1. The Morgan fingerprint density at radius 2 is 1.75 bits per heavy atom. The van der Waals surface area contributed by atoms with Crippen LogP contribution in [0.25, 0.3) is 0 Å². The number of hydrogen-bond acceptors (Lipinski definition) is 0. The molecule has 0 aromatic rings. The summed E-state index contributed by atoms with van der Waals surface area (Å²) >= 11 is 0. The van der Waals surface area contributed by atoms with Crippen LogP contribution in [0, 0.1) is 6.92 Å². The standard InChI is InChI=1S/C3H4F/c1-3(2)4/h1-2H2. The van der Waals surface area contributed by atoms with Gasteiger partial charge in [-0.1, -0.05) is 6.58 Å². The Morgan fingerprint density at radius 3 is 1.75 bits per heavy atom. The summed E-state index contributed by atoms with van der Waals surface area (Å²) in [6.07, 6.45) is 0. The Morgan fingerprint density at radius 1 is 1.75 bits per heavy atom. The second-order valence-corrected chi connectivity index (χ2v) is 0.517. The van der Waals surface area contributed by atoms with Crippen LogP contribution in [0.2, 0.25) is 0 Å². The molecule has 0 saturated heterocycles. The first kappa shape index (κ1) is 3.67. The first-order valence-electron chi connectivity index (χ1n) is 0.896. The smallest absolute Gasteiger partial charge is 0.0932 e. The van der Waals surface area contributed by atoms with E-state index in [9.17, 15) is 4.39 Å². The van der Waals surface area contributed by atoms with Crippen LogP contribution >= 0.6 is 0 Å². The fraction of sp³-hybridized carbons (Fsp3) is 0. The van der Waals surface area contributed by atoms with Gasteiger partial charge in [-0.05, 0) is 0 Å². The van der Waals surface area contributed by atoms with Gasteiger partial charge in [-0.15, -0.1) is 0 Å². The average molecular weight is 59.1 g/mol. The maximum atomic E-state index is 10.7. The van der Waals surface area contributed by atoms with Gasteiger partial charge in [0.1, 0.15) is 0 Å². The van der Waals surface area contributed by atoms with Crippen LogP contribution in [0.5, 0.6) is 0 Å². The fourth-order valence-corrected chi connectivity index (χ4v) is 0. The monoisotopic (exact) mass is 59.0 g/mol. The van der Waals surface area contributed by atoms with Crippen LogP contribution in [0.3, 0.4) is 0 Å². The molecule has 0 nitrogen and oxygen atoms in total. The van der Waals surface area contributed by atoms with Crippen molar-refractivity contribution in [2.45, 2.75) is 0 Å². The van der Waals surface area contributed by atoms with Crippen LogP contribution in [0.15, 0.2) is 12.4 Å². The van der Waals surface area contributed by atoms with E-state index in [2.05, 4.69) is 13.5 Å². The molecule has 0 rings (SSSR count). The molecule has 23 valence electrons. The summed E-state index contributed by atoms with van der Waals surface area (Å²) in [7, 11) is 0. The van der Waals surface area contributed by atoms with Gasteiger partial charge >= 0.3 is 0 Å². The highest BCUT2D eigenvalue weighted by molar-refractivity contribution is 4.81. The maximum Gasteiger partial charge on any atom is 0.0932 e. The molecule has 0 saturated carbocycles. The van der Waals surface area contributed by atoms with Gasteiger partial charge in [0, 0.05) is 6.92 Å². The lowest BCUT2D eigenvalue weighted by molar-refractivity contribution is 0.670. The van der Waals surface area contributed by atoms with Gasteiger partial charge in [0.25, 0.3) is 0 Å². The summed E-state index contributed by atoms with van der Waals surface area (Å²) in [5, 5.41) is 0. The summed E-state index contributed by atoms with van der Waals surface area (Å²) in [4.78, 5) is 0. The van der Waals surface area contributed by atoms with Crippen LogP contribution < -0.4 is 0 Å². The lowest BCUT2D eigenvalue weighted by atomic mass is 10.7. The average Bonchev–Trinajstić information content (AvgIpc) is 0.811. The molecule has 0 atom stereocenters. The van der Waals surface area contributed by atoms with Crippen LogP contribution in [0.4, 0.5) is 4.39 Å². The van der Waals surface area contributed by atoms with Crippen molar-refractivity contribution in [1.29, 1.82) is 0 Å². The summed E-state index contributed by atoms with van der Waals surface area (Å²) in [6, 6.07) is 0. The van der Waals surface area contributed by atoms with E-state index in [1.54, 1.807) is 0 Å². The van der Waals surface area contributed by atoms with E-state index in [4.69, 9.17) is 0 Å². The first-order chi connectivity index (χ1) is 1.73. The zero-order chi connectivity index (χ0) is 3.58. The van der Waals surface area contributed by atoms with Crippen molar-refractivity contribution in [2.24, 2.45) is 0 Å². The van der Waals surface area contributed by atoms with Gasteiger partial charge < -0.3 is 0 Å². The normalized spacial score (nSPS) is 6.50. The van der Waals surface area contributed by atoms with Crippen molar-refractivity contribution in [3.05, 3.63) is 19.3 Å². The molecular weight excluding hydrogens is 55.0 g/mol. The molecule has 0 aliphatic rings. The summed E-state index contributed by atoms with van der Waals surface area (Å²) in [6.45, 7) is 5.56. The highest BCUT2D eigenvalue weighted by Crippen LogP contribution is 1.78. The van der Waals surface area contributed by atoms with Crippen molar-refractivity contribution in [2.75, 3.05) is 0 Å². The van der Waals surface area contributed by atoms with Gasteiger partial charge in [0.05, 0.1) is 5.83 Å². The quantitative estimate of drug-likeness (QED) is 0.394. The topological polar surface area (TPSA) is 0 Å². The Kier molecular flexibility index (Phi) is 0.958. The van der Waals surface area contributed by atoms with Gasteiger partial charge in [-0.3, -0.25) is 0 Å². The van der Waals surface area contributed by atoms with E-state index < -0.39 is 5.83 Å². The Labute approximate surface area is 24.9 Å². The van der Waals surface area contributed by atoms with Gasteiger partial charge in [0.15, 0.2) is 0 Å². The highest BCUT2D eigenvalue weighted by Gasteiger charge is 1.59. The first-order valence-corrected chi connectivity index (χ1v) is 0.896. The van der Waals surface area contributed by atoms with E-state index in [1.165, 1.54) is 0 Å². The molecule has 0 aliphatic carbocycles. The molecule has 0 amide bonds. The molecule has 0 spiro atoms. The predicted molar refractivity (Wildman–Crippen MR) is 15.6 cm³/mol. The summed E-state index contributed by atoms with van der Waals surface area (Å²) in [5.74, 6) is -0.583. The molecule has 0 heterocycles. The molecule has 1 radical (unpaired) electrons. The van der Waals surface area contributed by atoms with E-state index in [1.807, 2.05) is 0 Å². The molecule has 0 fully saturated rings. The van der Waals surface area contributed by atoms with Crippen LogP contribution in [-0.4, -0.2) is 0 Å². The Balaban J connectivity index is 2.80. The molecular formula is C3H4F. The zero-order valence-electron chi connectivity index (χ0n) is 2.29. The van der Waals surface area contributed by atoms with E-state index in [-0.39, 0.29) is 0 Å². The maximum absolute atomic E-state index is 10.7. The molecule has 1 heteroatoms. The minimum Gasteiger partial charge on any atom is -0.212 e. The van der Waals surface area contributed by atoms with E-state index >= 15 is 0 Å². The third kappa shape index (κ3) is 6.88. The number of hydrogen-bond donors (Lipinski definition) is 0. The van der Waals surface area contributed by atoms with Crippen molar-refractivity contribution in [1.82, 2.24) is 0 Å². The lowest BCUT2D eigenvalue weighted by Gasteiger charge is -1.59. The van der Waals surface area contributed by atoms with Crippen molar-refractivity contribution >= 4 is 0 Å². The van der Waals surface area contributed by atoms with Gasteiger partial charge in [-0.25, -0.2) is 4.39 Å². The largest absolute Gasteiger partial charge is 0.212 e. The predicted octanol–water partition coefficient (Wildman–Crippen LogP) is 1.30. The van der Waals surface area contributed by atoms with Crippen LogP contribution in [0.1, 0.15) is 0 Å². The van der Waals surface area contributed by atoms with Crippen molar-refractivity contribution in [3.63, 3.8) is 0 Å². The van der Waals surface area contributed by atoms with Crippen LogP contribution in [-0.2, 0) is 0 Å². The molecule has 0 bridgehead atoms. The number of allylic oxidation sites excluding steroid dienone is 1. The van der Waals surface area contributed by atoms with Gasteiger partial charge in [0.2, 0.25) is 0 Å². The Bertz CT molecular complexity index is 26.3. The lowest BCUT2D eigenvalue weighted by Crippen LogP contribution is -1.39. The second-order valence-electron chi connectivity index (χ2n) is 0.517. The molecule has 4 heavy (non-hydrogen) atoms. The minimum absolute atomic E-state index is 0.583. The van der Waals surface area contributed by atoms with Crippen molar-refractivity contribution in [3.8, 4) is 0 Å². The molecule has 0 aromatic heterocycles. The molecule has 0 aromatic carbocycles.